The quantitative estimate of drug-likeness (QED) is 0.200. The van der Waals surface area contributed by atoms with Crippen molar-refractivity contribution in [1.82, 2.24) is 0 Å². The average Bonchev–Trinajstić information content (AvgIpc) is 3.56. The minimum Gasteiger partial charge on any atom is -0.394 e. The maximum atomic E-state index is 11.9. The second-order valence-electron chi connectivity index (χ2n) is 18.8. The van der Waals surface area contributed by atoms with E-state index in [1.54, 1.807) is 0 Å². The standard InChI is InChI=1S/C39H64O13/c1-17-6-11-39(47-16-17)18(2)28-26(52-39)14-23-21-13-25(41)24-12-20(7-9-37(24,4)22(21)8-10-38(23,28)5)49-36-33(46)31(44)34(27(15-40)50-36)51-35-32(45)30(43)29(42)19(3)48-35/h17-36,40-46H,6-16H2,1-5H3/t17-,18-,19-,20-,21+,22-,23-,24+,25-,26-,27+,28-,29-,30+,31+,32+,33+,34+,35-,36+,37+,38-,39+/m0/s1. The summed E-state index contributed by atoms with van der Waals surface area (Å²) in [6.45, 7) is 11.2. The molecular formula is C39H64O13. The molecule has 4 saturated carbocycles. The lowest BCUT2D eigenvalue weighted by atomic mass is 9.43. The Morgan fingerprint density at radius 2 is 1.40 bits per heavy atom. The van der Waals surface area contributed by atoms with Gasteiger partial charge < -0.3 is 64.2 Å². The van der Waals surface area contributed by atoms with Crippen LogP contribution in [0.3, 0.4) is 0 Å². The highest BCUT2D eigenvalue weighted by Crippen LogP contribution is 2.71. The van der Waals surface area contributed by atoms with Gasteiger partial charge in [0.25, 0.3) is 0 Å². The minimum atomic E-state index is -1.63. The van der Waals surface area contributed by atoms with Gasteiger partial charge in [0.05, 0.1) is 37.6 Å². The summed E-state index contributed by atoms with van der Waals surface area (Å²) in [4.78, 5) is 0. The van der Waals surface area contributed by atoms with E-state index in [4.69, 9.17) is 28.4 Å². The second kappa shape index (κ2) is 13.8. The van der Waals surface area contributed by atoms with Crippen LogP contribution in [0.15, 0.2) is 0 Å². The van der Waals surface area contributed by atoms with E-state index in [1.807, 2.05) is 0 Å². The third-order valence-corrected chi connectivity index (χ3v) is 16.1. The molecule has 4 aliphatic carbocycles. The van der Waals surface area contributed by atoms with Gasteiger partial charge in [0.15, 0.2) is 18.4 Å². The predicted molar refractivity (Wildman–Crippen MR) is 183 cm³/mol. The molecule has 8 fully saturated rings. The lowest BCUT2D eigenvalue weighted by molar-refractivity contribution is -0.362. The first-order valence-electron chi connectivity index (χ1n) is 20.2. The summed E-state index contributed by atoms with van der Waals surface area (Å²) < 4.78 is 37.0. The molecule has 8 rings (SSSR count). The van der Waals surface area contributed by atoms with Crippen LogP contribution in [-0.2, 0) is 28.4 Å². The van der Waals surface area contributed by atoms with E-state index in [-0.39, 0.29) is 29.0 Å². The second-order valence-corrected chi connectivity index (χ2v) is 18.8. The first-order chi connectivity index (χ1) is 24.6. The van der Waals surface area contributed by atoms with Crippen LogP contribution in [0.5, 0.6) is 0 Å². The summed E-state index contributed by atoms with van der Waals surface area (Å²) >= 11 is 0. The Hall–Kier alpha value is -0.520. The molecule has 0 aromatic carbocycles. The molecule has 0 aromatic rings. The molecule has 13 heteroatoms. The van der Waals surface area contributed by atoms with Crippen LogP contribution in [0.4, 0.5) is 0 Å². The SMILES string of the molecule is C[C@H]1CC[C@@]2(OC1)O[C@H]1C[C@H]3[C@@H]4C[C@H](O)[C@H]5C[C@@H](O[C@@H]6O[C@H](CO)[C@@H](O[C@@H]7O[C@@H](C)[C@H](O)[C@@H](O)[C@H]7O)[C@H](O)[C@H]6O)CC[C@]5(C)[C@H]4CC[C@]3(C)[C@H]1[C@@H]2C. The summed E-state index contributed by atoms with van der Waals surface area (Å²) in [6, 6.07) is 0. The molecule has 7 N–H and O–H groups in total. The van der Waals surface area contributed by atoms with Gasteiger partial charge in [-0.1, -0.05) is 27.7 Å². The largest absolute Gasteiger partial charge is 0.394 e. The maximum Gasteiger partial charge on any atom is 0.187 e. The average molecular weight is 741 g/mol. The fourth-order valence-corrected chi connectivity index (χ4v) is 13.2. The molecule has 0 unspecified atom stereocenters. The van der Waals surface area contributed by atoms with Gasteiger partial charge in [-0.15, -0.1) is 0 Å². The zero-order chi connectivity index (χ0) is 37.1. The molecule has 4 saturated heterocycles. The Bertz CT molecular complexity index is 1280. The summed E-state index contributed by atoms with van der Waals surface area (Å²) in [5.41, 5.74) is 0.0940. The van der Waals surface area contributed by atoms with Gasteiger partial charge in [0, 0.05) is 12.3 Å². The zero-order valence-corrected chi connectivity index (χ0v) is 31.4. The number of hydrogen-bond acceptors (Lipinski definition) is 13. The van der Waals surface area contributed by atoms with Gasteiger partial charge in [-0.2, -0.15) is 0 Å². The van der Waals surface area contributed by atoms with Crippen molar-refractivity contribution in [3.05, 3.63) is 0 Å². The molecule has 4 aliphatic heterocycles. The molecule has 8 aliphatic rings. The van der Waals surface area contributed by atoms with Crippen LogP contribution in [0.1, 0.15) is 92.4 Å². The number of hydrogen-bond donors (Lipinski definition) is 7. The van der Waals surface area contributed by atoms with E-state index < -0.39 is 79.9 Å². The lowest BCUT2D eigenvalue weighted by Gasteiger charge is -2.62. The Labute approximate surface area is 307 Å². The zero-order valence-electron chi connectivity index (χ0n) is 31.4. The Balaban J connectivity index is 0.913. The number of rotatable bonds is 5. The van der Waals surface area contributed by atoms with Crippen LogP contribution < -0.4 is 0 Å². The Kier molecular flexibility index (Phi) is 10.2. The van der Waals surface area contributed by atoms with Crippen molar-refractivity contribution in [1.29, 1.82) is 0 Å². The van der Waals surface area contributed by atoms with Crippen molar-refractivity contribution in [2.75, 3.05) is 13.2 Å². The summed E-state index contributed by atoms with van der Waals surface area (Å²) in [5.74, 6) is 2.38. The van der Waals surface area contributed by atoms with Gasteiger partial charge in [0.2, 0.25) is 0 Å². The third-order valence-electron chi connectivity index (χ3n) is 16.1. The number of ether oxygens (including phenoxy) is 6. The van der Waals surface area contributed by atoms with E-state index in [9.17, 15) is 35.7 Å². The highest BCUT2D eigenvalue weighted by molar-refractivity contribution is 5.16. The molecule has 52 heavy (non-hydrogen) atoms. The van der Waals surface area contributed by atoms with Crippen LogP contribution in [0.25, 0.3) is 0 Å². The fraction of sp³-hybridized carbons (Fsp3) is 1.00. The monoisotopic (exact) mass is 740 g/mol. The lowest BCUT2D eigenvalue weighted by Crippen LogP contribution is -2.64. The third kappa shape index (κ3) is 5.89. The summed E-state index contributed by atoms with van der Waals surface area (Å²) in [7, 11) is 0. The first-order valence-corrected chi connectivity index (χ1v) is 20.2. The molecule has 1 spiro atoms. The van der Waals surface area contributed by atoms with Crippen LogP contribution in [0, 0.1) is 52.3 Å². The van der Waals surface area contributed by atoms with Crippen molar-refractivity contribution < 1.29 is 64.2 Å². The van der Waals surface area contributed by atoms with Crippen molar-refractivity contribution in [3.63, 3.8) is 0 Å². The highest BCUT2D eigenvalue weighted by atomic mass is 16.7. The molecule has 13 nitrogen and oxygen atoms in total. The van der Waals surface area contributed by atoms with Crippen molar-refractivity contribution in [2.24, 2.45) is 52.3 Å². The smallest absolute Gasteiger partial charge is 0.187 e. The van der Waals surface area contributed by atoms with Gasteiger partial charge in [-0.3, -0.25) is 0 Å². The Morgan fingerprint density at radius 3 is 2.12 bits per heavy atom. The first kappa shape index (κ1) is 38.4. The van der Waals surface area contributed by atoms with E-state index >= 15 is 0 Å². The van der Waals surface area contributed by atoms with Gasteiger partial charge in [-0.25, -0.2) is 0 Å². The van der Waals surface area contributed by atoms with Crippen LogP contribution in [0.2, 0.25) is 0 Å². The molecule has 298 valence electrons. The van der Waals surface area contributed by atoms with Crippen LogP contribution >= 0.6 is 0 Å². The van der Waals surface area contributed by atoms with Crippen molar-refractivity contribution in [3.8, 4) is 0 Å². The number of aliphatic hydroxyl groups is 7. The molecule has 0 amide bonds. The van der Waals surface area contributed by atoms with Crippen molar-refractivity contribution >= 4 is 0 Å². The van der Waals surface area contributed by atoms with E-state index in [0.717, 1.165) is 51.6 Å². The van der Waals surface area contributed by atoms with E-state index in [0.29, 0.717) is 48.3 Å². The normalized spacial score (nSPS) is 60.5. The fourth-order valence-electron chi connectivity index (χ4n) is 13.2. The molecular weight excluding hydrogens is 676 g/mol. The van der Waals surface area contributed by atoms with Crippen LogP contribution in [-0.4, -0.2) is 134 Å². The number of aliphatic hydroxyl groups excluding tert-OH is 7. The van der Waals surface area contributed by atoms with Gasteiger partial charge >= 0.3 is 0 Å². The molecule has 4 heterocycles. The summed E-state index contributed by atoms with van der Waals surface area (Å²) in [6.07, 6.45) is -5.88. The van der Waals surface area contributed by atoms with Gasteiger partial charge in [-0.05, 0) is 105 Å². The van der Waals surface area contributed by atoms with E-state index in [2.05, 4.69) is 27.7 Å². The summed E-state index contributed by atoms with van der Waals surface area (Å²) in [5, 5.41) is 75.1. The number of fused-ring (bicyclic) bond motifs is 7. The van der Waals surface area contributed by atoms with Gasteiger partial charge in [0.1, 0.15) is 42.7 Å². The van der Waals surface area contributed by atoms with Crippen molar-refractivity contribution in [2.45, 2.75) is 178 Å². The minimum absolute atomic E-state index is 0.0120. The molecule has 0 bridgehead atoms. The highest BCUT2D eigenvalue weighted by Gasteiger charge is 2.70. The molecule has 23 atom stereocenters. The molecule has 0 radical (unpaired) electrons. The predicted octanol–water partition coefficient (Wildman–Crippen LogP) is 1.44. The molecule has 0 aromatic heterocycles. The maximum absolute atomic E-state index is 11.9. The Morgan fingerprint density at radius 1 is 0.692 bits per heavy atom. The van der Waals surface area contributed by atoms with E-state index in [1.165, 1.54) is 6.92 Å². The topological polar surface area (TPSA) is 197 Å².